The van der Waals surface area contributed by atoms with Crippen molar-refractivity contribution in [3.05, 3.63) is 59.7 Å². The third-order valence-corrected chi connectivity index (χ3v) is 5.11. The number of benzene rings is 2. The fourth-order valence-electron chi connectivity index (χ4n) is 3.52. The molecule has 1 heterocycles. The summed E-state index contributed by atoms with van der Waals surface area (Å²) >= 11 is 0. The molecule has 1 fully saturated rings. The second-order valence-electron chi connectivity index (χ2n) is 7.76. The lowest BCUT2D eigenvalue weighted by atomic mass is 9.95. The number of hydrogen-bond donors (Lipinski definition) is 2. The summed E-state index contributed by atoms with van der Waals surface area (Å²) in [5, 5.41) is 5.86. The minimum Gasteiger partial charge on any atom is -0.371 e. The van der Waals surface area contributed by atoms with Crippen molar-refractivity contribution in [2.45, 2.75) is 39.7 Å². The molecule has 0 saturated carbocycles. The Morgan fingerprint density at radius 3 is 2.29 bits per heavy atom. The van der Waals surface area contributed by atoms with Crippen LogP contribution in [0, 0.1) is 12.8 Å². The number of amides is 2. The van der Waals surface area contributed by atoms with Gasteiger partial charge in [-0.25, -0.2) is 0 Å². The van der Waals surface area contributed by atoms with Gasteiger partial charge < -0.3 is 15.5 Å². The summed E-state index contributed by atoms with van der Waals surface area (Å²) in [6.45, 7) is 7.63. The van der Waals surface area contributed by atoms with Gasteiger partial charge in [0.25, 0.3) is 5.91 Å². The highest BCUT2D eigenvalue weighted by Gasteiger charge is 2.26. The summed E-state index contributed by atoms with van der Waals surface area (Å²) in [6, 6.07) is 15.7. The topological polar surface area (TPSA) is 61.4 Å². The van der Waals surface area contributed by atoms with E-state index in [4.69, 9.17) is 0 Å². The Morgan fingerprint density at radius 1 is 1.00 bits per heavy atom. The van der Waals surface area contributed by atoms with Gasteiger partial charge in [0.2, 0.25) is 5.91 Å². The van der Waals surface area contributed by atoms with E-state index in [2.05, 4.69) is 46.7 Å². The third-order valence-electron chi connectivity index (χ3n) is 5.11. The predicted octanol–water partition coefficient (Wildman–Crippen LogP) is 3.99. The molecule has 0 aromatic heterocycles. The molecular formula is C23H29N3O2. The average molecular weight is 380 g/mol. The zero-order valence-corrected chi connectivity index (χ0v) is 16.9. The van der Waals surface area contributed by atoms with Crippen molar-refractivity contribution < 1.29 is 9.59 Å². The Balaban J connectivity index is 1.61. The number of carbonyl (C=O) groups excluding carboxylic acids is 2. The molecule has 0 spiro atoms. The molecule has 1 aliphatic rings. The van der Waals surface area contributed by atoms with E-state index in [0.29, 0.717) is 11.3 Å². The Morgan fingerprint density at radius 2 is 1.64 bits per heavy atom. The monoisotopic (exact) mass is 379 g/mol. The van der Waals surface area contributed by atoms with Gasteiger partial charge in [0, 0.05) is 30.7 Å². The molecule has 2 N–H and O–H groups in total. The maximum atomic E-state index is 12.8. The third kappa shape index (κ3) is 4.91. The minimum atomic E-state index is -0.167. The molecular weight excluding hydrogens is 350 g/mol. The van der Waals surface area contributed by atoms with Crippen molar-refractivity contribution in [2.24, 2.45) is 5.92 Å². The van der Waals surface area contributed by atoms with Crippen LogP contribution in [0.4, 0.5) is 11.4 Å². The maximum Gasteiger partial charge on any atom is 0.253 e. The molecule has 0 atom stereocenters. The summed E-state index contributed by atoms with van der Waals surface area (Å²) in [5.74, 6) is -0.212. The zero-order chi connectivity index (χ0) is 20.1. The highest BCUT2D eigenvalue weighted by atomic mass is 16.2. The summed E-state index contributed by atoms with van der Waals surface area (Å²) in [4.78, 5) is 27.5. The van der Waals surface area contributed by atoms with Crippen molar-refractivity contribution in [1.82, 2.24) is 5.32 Å². The molecule has 0 bridgehead atoms. The molecule has 2 aromatic rings. The van der Waals surface area contributed by atoms with Crippen LogP contribution in [0.5, 0.6) is 0 Å². The van der Waals surface area contributed by atoms with Gasteiger partial charge in [-0.1, -0.05) is 29.8 Å². The van der Waals surface area contributed by atoms with E-state index in [1.54, 1.807) is 12.1 Å². The number of nitrogens with zero attached hydrogens (tertiary/aromatic N) is 1. The predicted molar refractivity (Wildman–Crippen MR) is 114 cm³/mol. The second-order valence-corrected chi connectivity index (χ2v) is 7.76. The fourth-order valence-corrected chi connectivity index (χ4v) is 3.52. The summed E-state index contributed by atoms with van der Waals surface area (Å²) in [5.41, 5.74) is 3.53. The van der Waals surface area contributed by atoms with E-state index >= 15 is 0 Å². The first-order valence-electron chi connectivity index (χ1n) is 9.96. The van der Waals surface area contributed by atoms with Gasteiger partial charge in [0.05, 0.1) is 11.3 Å². The number of aryl methyl sites for hydroxylation is 1. The Labute approximate surface area is 167 Å². The van der Waals surface area contributed by atoms with Crippen LogP contribution in [0.25, 0.3) is 0 Å². The lowest BCUT2D eigenvalue weighted by Gasteiger charge is -2.33. The second kappa shape index (κ2) is 8.91. The average Bonchev–Trinajstić information content (AvgIpc) is 2.68. The molecule has 1 saturated heterocycles. The summed E-state index contributed by atoms with van der Waals surface area (Å²) < 4.78 is 0. The van der Waals surface area contributed by atoms with Crippen molar-refractivity contribution in [3.8, 4) is 0 Å². The highest BCUT2D eigenvalue weighted by Crippen LogP contribution is 2.25. The standard InChI is InChI=1S/C23H29N3O2/c1-16(2)24-23(28)20-6-4-5-7-21(20)25-22(27)18-12-14-26(15-13-18)19-10-8-17(3)9-11-19/h4-11,16,18H,12-15H2,1-3H3,(H,24,28)(H,25,27). The van der Waals surface area contributed by atoms with Gasteiger partial charge in [-0.2, -0.15) is 0 Å². The van der Waals surface area contributed by atoms with Crippen LogP contribution in [0.2, 0.25) is 0 Å². The molecule has 2 amide bonds. The zero-order valence-electron chi connectivity index (χ0n) is 16.9. The fraction of sp³-hybridized carbons (Fsp3) is 0.391. The lowest BCUT2D eigenvalue weighted by Crippen LogP contribution is -2.38. The van der Waals surface area contributed by atoms with Gasteiger partial charge in [-0.05, 0) is 57.9 Å². The van der Waals surface area contributed by atoms with Crippen molar-refractivity contribution in [1.29, 1.82) is 0 Å². The number of para-hydroxylation sites is 1. The van der Waals surface area contributed by atoms with E-state index in [0.717, 1.165) is 25.9 Å². The van der Waals surface area contributed by atoms with Gasteiger partial charge in [-0.3, -0.25) is 9.59 Å². The van der Waals surface area contributed by atoms with Crippen LogP contribution in [0.3, 0.4) is 0 Å². The molecule has 0 aliphatic carbocycles. The molecule has 0 unspecified atom stereocenters. The number of rotatable bonds is 5. The number of nitrogens with one attached hydrogen (secondary N) is 2. The van der Waals surface area contributed by atoms with Crippen LogP contribution < -0.4 is 15.5 Å². The first-order chi connectivity index (χ1) is 13.4. The van der Waals surface area contributed by atoms with E-state index in [9.17, 15) is 9.59 Å². The molecule has 148 valence electrons. The van der Waals surface area contributed by atoms with E-state index in [1.165, 1.54) is 11.3 Å². The molecule has 3 rings (SSSR count). The van der Waals surface area contributed by atoms with Gasteiger partial charge in [0.15, 0.2) is 0 Å². The number of hydrogen-bond acceptors (Lipinski definition) is 3. The molecule has 0 radical (unpaired) electrons. The highest BCUT2D eigenvalue weighted by molar-refractivity contribution is 6.04. The van der Waals surface area contributed by atoms with Crippen LogP contribution >= 0.6 is 0 Å². The van der Waals surface area contributed by atoms with E-state index in [1.807, 2.05) is 26.0 Å². The number of carbonyl (C=O) groups is 2. The Bertz CT molecular complexity index is 822. The van der Waals surface area contributed by atoms with Crippen molar-refractivity contribution in [3.63, 3.8) is 0 Å². The van der Waals surface area contributed by atoms with Crippen LogP contribution in [-0.4, -0.2) is 30.9 Å². The van der Waals surface area contributed by atoms with Crippen LogP contribution in [0.15, 0.2) is 48.5 Å². The lowest BCUT2D eigenvalue weighted by molar-refractivity contribution is -0.120. The maximum absolute atomic E-state index is 12.8. The van der Waals surface area contributed by atoms with Crippen molar-refractivity contribution in [2.75, 3.05) is 23.3 Å². The minimum absolute atomic E-state index is 0.00615. The van der Waals surface area contributed by atoms with Crippen LogP contribution in [0.1, 0.15) is 42.6 Å². The van der Waals surface area contributed by atoms with E-state index in [-0.39, 0.29) is 23.8 Å². The molecule has 5 heteroatoms. The normalized spacial score (nSPS) is 14.8. The first kappa shape index (κ1) is 19.9. The first-order valence-corrected chi connectivity index (χ1v) is 9.96. The van der Waals surface area contributed by atoms with Gasteiger partial charge >= 0.3 is 0 Å². The molecule has 28 heavy (non-hydrogen) atoms. The van der Waals surface area contributed by atoms with E-state index < -0.39 is 0 Å². The largest absolute Gasteiger partial charge is 0.371 e. The molecule has 2 aromatic carbocycles. The Kier molecular flexibility index (Phi) is 6.34. The molecule has 1 aliphatic heterocycles. The van der Waals surface area contributed by atoms with Gasteiger partial charge in [-0.15, -0.1) is 0 Å². The van der Waals surface area contributed by atoms with Gasteiger partial charge in [0.1, 0.15) is 0 Å². The van der Waals surface area contributed by atoms with Crippen molar-refractivity contribution >= 4 is 23.2 Å². The quantitative estimate of drug-likeness (QED) is 0.826. The Hall–Kier alpha value is -2.82. The van der Waals surface area contributed by atoms with Crippen LogP contribution in [-0.2, 0) is 4.79 Å². The number of anilines is 2. The summed E-state index contributed by atoms with van der Waals surface area (Å²) in [6.07, 6.45) is 1.61. The molecule has 5 nitrogen and oxygen atoms in total. The summed E-state index contributed by atoms with van der Waals surface area (Å²) in [7, 11) is 0. The number of piperidine rings is 1. The smallest absolute Gasteiger partial charge is 0.253 e. The SMILES string of the molecule is Cc1ccc(N2CCC(C(=O)Nc3ccccc3C(=O)NC(C)C)CC2)cc1.